The number of sulfonamides is 1. The maximum atomic E-state index is 12.4. The molecule has 0 spiro atoms. The molecule has 2 heterocycles. The summed E-state index contributed by atoms with van der Waals surface area (Å²) in [7, 11) is -3.53. The quantitative estimate of drug-likeness (QED) is 0.798. The number of amides is 1. The first-order valence-electron chi connectivity index (χ1n) is 7.53. The number of rotatable bonds is 4. The molecule has 0 bridgehead atoms. The van der Waals surface area contributed by atoms with Gasteiger partial charge in [0.1, 0.15) is 0 Å². The van der Waals surface area contributed by atoms with Crippen molar-refractivity contribution in [1.29, 1.82) is 0 Å². The smallest absolute Gasteiger partial charge is 0.256 e. The minimum atomic E-state index is -3.53. The van der Waals surface area contributed by atoms with Gasteiger partial charge in [0.15, 0.2) is 5.84 Å². The Balaban J connectivity index is 0.00000225. The minimum Gasteiger partial charge on any atom is -0.350 e. The molecule has 0 aromatic heterocycles. The fourth-order valence-corrected chi connectivity index (χ4v) is 3.49. The van der Waals surface area contributed by atoms with Gasteiger partial charge in [0.05, 0.1) is 11.3 Å². The summed E-state index contributed by atoms with van der Waals surface area (Å²) < 4.78 is 27.1. The number of halogens is 1. The predicted octanol–water partition coefficient (Wildman–Crippen LogP) is 0.722. The number of hydrogen-bond donors (Lipinski definition) is 2. The number of nitrogens with zero attached hydrogens (tertiary/aromatic N) is 2. The summed E-state index contributed by atoms with van der Waals surface area (Å²) in [6.07, 6.45) is 4.96. The molecule has 0 fully saturated rings. The third kappa shape index (κ3) is 4.47. The number of carbonyl (C=O) groups excluding carboxylic acids is 1. The second-order valence-electron chi connectivity index (χ2n) is 5.54. The molecule has 1 aromatic carbocycles. The summed E-state index contributed by atoms with van der Waals surface area (Å²) in [6, 6.07) is 9.08. The van der Waals surface area contributed by atoms with E-state index in [0.717, 1.165) is 5.56 Å². The average molecular weight is 383 g/mol. The molecule has 1 aromatic rings. The van der Waals surface area contributed by atoms with Gasteiger partial charge >= 0.3 is 0 Å². The minimum absolute atomic E-state index is 0. The molecule has 3 N–H and O–H groups in total. The van der Waals surface area contributed by atoms with Gasteiger partial charge in [0.25, 0.3) is 15.9 Å². The Morgan fingerprint density at radius 3 is 2.76 bits per heavy atom. The van der Waals surface area contributed by atoms with Crippen molar-refractivity contribution in [3.8, 4) is 0 Å². The molecule has 0 saturated carbocycles. The van der Waals surface area contributed by atoms with Gasteiger partial charge in [-0.2, -0.15) is 0 Å². The van der Waals surface area contributed by atoms with E-state index in [4.69, 9.17) is 5.73 Å². The maximum Gasteiger partial charge on any atom is 0.256 e. The predicted molar refractivity (Wildman–Crippen MR) is 98.8 cm³/mol. The molecule has 3 rings (SSSR count). The number of allylic oxidation sites excluding steroid dienone is 2. The van der Waals surface area contributed by atoms with Crippen LogP contribution in [0, 0.1) is 0 Å². The topological polar surface area (TPSA) is 105 Å². The number of benzene rings is 1. The van der Waals surface area contributed by atoms with Crippen LogP contribution in [0.15, 0.2) is 58.7 Å². The summed E-state index contributed by atoms with van der Waals surface area (Å²) in [6.45, 7) is 0.524. The molecule has 25 heavy (non-hydrogen) atoms. The highest BCUT2D eigenvalue weighted by Crippen LogP contribution is 2.18. The van der Waals surface area contributed by atoms with E-state index in [-0.39, 0.29) is 48.7 Å². The normalized spacial score (nSPS) is 19.0. The van der Waals surface area contributed by atoms with Gasteiger partial charge in [0, 0.05) is 25.3 Å². The first-order valence-corrected chi connectivity index (χ1v) is 9.14. The largest absolute Gasteiger partial charge is 0.350 e. The van der Waals surface area contributed by atoms with Crippen molar-refractivity contribution in [3.63, 3.8) is 0 Å². The molecule has 0 aliphatic carbocycles. The van der Waals surface area contributed by atoms with Crippen molar-refractivity contribution in [2.45, 2.75) is 6.04 Å². The lowest BCUT2D eigenvalue weighted by molar-refractivity contribution is -0.117. The number of carbonyl (C=O) groups is 1. The van der Waals surface area contributed by atoms with E-state index in [9.17, 15) is 13.2 Å². The van der Waals surface area contributed by atoms with Crippen molar-refractivity contribution in [1.82, 2.24) is 10.2 Å². The van der Waals surface area contributed by atoms with Crippen LogP contribution in [0.4, 0.5) is 0 Å². The fraction of sp³-hybridized carbons (Fsp3) is 0.250. The number of nitrogens with one attached hydrogen (secondary N) is 1. The van der Waals surface area contributed by atoms with Crippen molar-refractivity contribution in [3.05, 3.63) is 59.8 Å². The first-order chi connectivity index (χ1) is 11.5. The molecule has 0 saturated heterocycles. The fourth-order valence-electron chi connectivity index (χ4n) is 2.51. The summed E-state index contributed by atoms with van der Waals surface area (Å²) in [4.78, 5) is 14.1. The van der Waals surface area contributed by atoms with Gasteiger partial charge in [0.2, 0.25) is 0 Å². The van der Waals surface area contributed by atoms with Crippen LogP contribution in [0.3, 0.4) is 0 Å². The van der Waals surface area contributed by atoms with Gasteiger partial charge in [-0.3, -0.25) is 4.79 Å². The lowest BCUT2D eigenvalue weighted by Gasteiger charge is -2.28. The molecular formula is C16H19ClN4O3S. The molecule has 0 radical (unpaired) electrons. The van der Waals surface area contributed by atoms with Crippen molar-refractivity contribution < 1.29 is 13.2 Å². The highest BCUT2D eigenvalue weighted by Gasteiger charge is 2.29. The van der Waals surface area contributed by atoms with Crippen LogP contribution in [0.1, 0.15) is 11.6 Å². The Bertz CT molecular complexity index is 834. The monoisotopic (exact) mass is 382 g/mol. The van der Waals surface area contributed by atoms with Gasteiger partial charge in [-0.1, -0.05) is 30.3 Å². The van der Waals surface area contributed by atoms with E-state index in [1.54, 1.807) is 23.3 Å². The van der Waals surface area contributed by atoms with Crippen LogP contribution >= 0.6 is 12.4 Å². The zero-order valence-corrected chi connectivity index (χ0v) is 15.0. The van der Waals surface area contributed by atoms with Gasteiger partial charge in [-0.05, 0) is 17.7 Å². The average Bonchev–Trinajstić information content (AvgIpc) is 2.59. The Kier molecular flexibility index (Phi) is 5.99. The van der Waals surface area contributed by atoms with E-state index in [1.165, 1.54) is 0 Å². The highest BCUT2D eigenvalue weighted by atomic mass is 35.5. The number of hydrogen-bond acceptors (Lipinski definition) is 5. The van der Waals surface area contributed by atoms with Crippen LogP contribution in [-0.2, 0) is 14.8 Å². The zero-order chi connectivity index (χ0) is 17.2. The first kappa shape index (κ1) is 19.2. The van der Waals surface area contributed by atoms with E-state index in [0.29, 0.717) is 0 Å². The van der Waals surface area contributed by atoms with Crippen molar-refractivity contribution >= 4 is 34.2 Å². The second-order valence-corrected chi connectivity index (χ2v) is 7.30. The SMILES string of the molecule is Cl.NC(CNC(=O)C1=CC=CN2CCS(=O)(=O)N=C12)c1ccccc1. The molecule has 134 valence electrons. The second kappa shape index (κ2) is 7.81. The third-order valence-corrected chi connectivity index (χ3v) is 4.96. The van der Waals surface area contributed by atoms with Gasteiger partial charge < -0.3 is 16.0 Å². The molecule has 2 aliphatic rings. The van der Waals surface area contributed by atoms with Crippen LogP contribution < -0.4 is 11.1 Å². The van der Waals surface area contributed by atoms with Crippen LogP contribution in [0.2, 0.25) is 0 Å². The Hall–Kier alpha value is -2.16. The van der Waals surface area contributed by atoms with Gasteiger partial charge in [-0.25, -0.2) is 8.42 Å². The lowest BCUT2D eigenvalue weighted by Crippen LogP contribution is -2.43. The van der Waals surface area contributed by atoms with Crippen LogP contribution in [0.5, 0.6) is 0 Å². The van der Waals surface area contributed by atoms with Gasteiger partial charge in [-0.15, -0.1) is 16.8 Å². The zero-order valence-electron chi connectivity index (χ0n) is 13.3. The van der Waals surface area contributed by atoms with Crippen LogP contribution in [-0.4, -0.2) is 43.9 Å². The summed E-state index contributed by atoms with van der Waals surface area (Å²) in [5, 5.41) is 2.74. The van der Waals surface area contributed by atoms with E-state index >= 15 is 0 Å². The summed E-state index contributed by atoms with van der Waals surface area (Å²) in [5.41, 5.74) is 7.20. The maximum absolute atomic E-state index is 12.4. The Morgan fingerprint density at radius 1 is 1.32 bits per heavy atom. The molecule has 1 unspecified atom stereocenters. The summed E-state index contributed by atoms with van der Waals surface area (Å²) in [5.74, 6) is -0.296. The molecule has 2 aliphatic heterocycles. The number of nitrogens with two attached hydrogens (primary N) is 1. The van der Waals surface area contributed by atoms with Crippen molar-refractivity contribution in [2.75, 3.05) is 18.8 Å². The highest BCUT2D eigenvalue weighted by molar-refractivity contribution is 7.90. The van der Waals surface area contributed by atoms with E-state index in [1.807, 2.05) is 30.3 Å². The number of fused-ring (bicyclic) bond motifs is 1. The lowest BCUT2D eigenvalue weighted by atomic mass is 10.1. The molecule has 7 nitrogen and oxygen atoms in total. The Morgan fingerprint density at radius 2 is 2.04 bits per heavy atom. The molecule has 1 amide bonds. The molecule has 1 atom stereocenters. The van der Waals surface area contributed by atoms with Crippen LogP contribution in [0.25, 0.3) is 0 Å². The van der Waals surface area contributed by atoms with E-state index < -0.39 is 15.9 Å². The molecular weight excluding hydrogens is 364 g/mol. The summed E-state index contributed by atoms with van der Waals surface area (Å²) >= 11 is 0. The van der Waals surface area contributed by atoms with E-state index in [2.05, 4.69) is 9.71 Å². The Labute approximate surface area is 152 Å². The van der Waals surface area contributed by atoms with Crippen molar-refractivity contribution in [2.24, 2.45) is 10.1 Å². The molecule has 9 heteroatoms. The number of amidine groups is 1. The standard InChI is InChI=1S/C16H18N4O3S.ClH/c17-14(12-5-2-1-3-6-12)11-18-16(21)13-7-4-8-20-9-10-24(22,23)19-15(13)20;/h1-8,14H,9-11,17H2,(H,18,21);1H. The third-order valence-electron chi connectivity index (χ3n) is 3.81.